The summed E-state index contributed by atoms with van der Waals surface area (Å²) in [6, 6.07) is 0. The summed E-state index contributed by atoms with van der Waals surface area (Å²) in [5.74, 6) is 0.626. The lowest BCUT2D eigenvalue weighted by Crippen LogP contribution is -2.31. The van der Waals surface area contributed by atoms with Gasteiger partial charge in [-0.3, -0.25) is 4.79 Å². The summed E-state index contributed by atoms with van der Waals surface area (Å²) >= 11 is 0. The van der Waals surface area contributed by atoms with Crippen molar-refractivity contribution < 1.29 is 9.90 Å². The van der Waals surface area contributed by atoms with Gasteiger partial charge < -0.3 is 15.0 Å². The molecule has 1 fully saturated rings. The van der Waals surface area contributed by atoms with Crippen molar-refractivity contribution in [2.24, 2.45) is 18.9 Å². The number of rotatable bonds is 4. The fourth-order valence-corrected chi connectivity index (χ4v) is 2.47. The van der Waals surface area contributed by atoms with Crippen LogP contribution in [-0.2, 0) is 7.05 Å². The van der Waals surface area contributed by atoms with Crippen LogP contribution in [-0.4, -0.2) is 33.7 Å². The lowest BCUT2D eigenvalue weighted by molar-refractivity contribution is 0.0933. The third-order valence-electron chi connectivity index (χ3n) is 3.51. The van der Waals surface area contributed by atoms with Crippen molar-refractivity contribution in [3.63, 3.8) is 0 Å². The predicted octanol–water partition coefficient (Wildman–Crippen LogP) is 0.558. The van der Waals surface area contributed by atoms with Gasteiger partial charge in [0.25, 0.3) is 5.91 Å². The summed E-state index contributed by atoms with van der Waals surface area (Å²) in [6.07, 6.45) is 6.62. The average Bonchev–Trinajstić information content (AvgIpc) is 2.94. The van der Waals surface area contributed by atoms with Crippen molar-refractivity contribution in [1.29, 1.82) is 0 Å². The Hall–Kier alpha value is -1.36. The maximum absolute atomic E-state index is 11.8. The van der Waals surface area contributed by atoms with E-state index in [0.29, 0.717) is 24.1 Å². The number of aliphatic hydroxyl groups is 1. The van der Waals surface area contributed by atoms with Crippen molar-refractivity contribution in [2.75, 3.05) is 13.2 Å². The van der Waals surface area contributed by atoms with E-state index < -0.39 is 0 Å². The molecule has 1 aliphatic carbocycles. The lowest BCUT2D eigenvalue weighted by Gasteiger charge is -2.17. The van der Waals surface area contributed by atoms with Crippen molar-refractivity contribution in [3.8, 4) is 0 Å². The number of imidazole rings is 1. The number of carbonyl (C=O) groups excluding carboxylic acids is 1. The van der Waals surface area contributed by atoms with E-state index in [1.165, 1.54) is 0 Å². The zero-order valence-corrected chi connectivity index (χ0v) is 10.1. The molecule has 0 aromatic carbocycles. The molecule has 0 bridgehead atoms. The second-order valence-electron chi connectivity index (χ2n) is 4.77. The highest BCUT2D eigenvalue weighted by atomic mass is 16.3. The van der Waals surface area contributed by atoms with E-state index in [-0.39, 0.29) is 12.5 Å². The van der Waals surface area contributed by atoms with Crippen LogP contribution in [0.4, 0.5) is 0 Å². The number of aliphatic hydroxyl groups excluding tert-OH is 1. The zero-order chi connectivity index (χ0) is 12.3. The number of aromatic nitrogens is 2. The third-order valence-corrected chi connectivity index (χ3v) is 3.51. The Morgan fingerprint density at radius 3 is 3.00 bits per heavy atom. The molecule has 1 aromatic heterocycles. The number of nitrogens with zero attached hydrogens (tertiary/aromatic N) is 2. The van der Waals surface area contributed by atoms with Gasteiger partial charge in [-0.25, -0.2) is 4.98 Å². The highest BCUT2D eigenvalue weighted by Gasteiger charge is 2.26. The standard InChI is InChI=1S/C12H19N3O2/c1-15-6-11(14-8-15)12(17)13-5-9-3-2-4-10(9)7-16/h6,8-10,16H,2-5,7H2,1H3,(H,13,17). The van der Waals surface area contributed by atoms with Gasteiger partial charge in [-0.05, 0) is 24.7 Å². The van der Waals surface area contributed by atoms with E-state index in [1.54, 1.807) is 17.1 Å². The molecule has 1 aliphatic rings. The fourth-order valence-electron chi connectivity index (χ4n) is 2.47. The molecule has 5 heteroatoms. The number of hydrogen-bond donors (Lipinski definition) is 2. The zero-order valence-electron chi connectivity index (χ0n) is 10.1. The molecule has 5 nitrogen and oxygen atoms in total. The molecule has 17 heavy (non-hydrogen) atoms. The molecule has 0 spiro atoms. The molecule has 94 valence electrons. The SMILES string of the molecule is Cn1cnc(C(=O)NCC2CCCC2CO)c1. The Morgan fingerprint density at radius 2 is 2.35 bits per heavy atom. The van der Waals surface area contributed by atoms with Crippen molar-refractivity contribution in [2.45, 2.75) is 19.3 Å². The average molecular weight is 237 g/mol. The summed E-state index contributed by atoms with van der Waals surface area (Å²) in [5, 5.41) is 12.1. The van der Waals surface area contributed by atoms with Crippen LogP contribution in [0.1, 0.15) is 29.8 Å². The van der Waals surface area contributed by atoms with E-state index in [9.17, 15) is 9.90 Å². The maximum atomic E-state index is 11.8. The van der Waals surface area contributed by atoms with Gasteiger partial charge in [0.05, 0.1) is 6.33 Å². The number of hydrogen-bond acceptors (Lipinski definition) is 3. The predicted molar refractivity (Wildman–Crippen MR) is 63.5 cm³/mol. The van der Waals surface area contributed by atoms with Crippen LogP contribution in [0.5, 0.6) is 0 Å². The van der Waals surface area contributed by atoms with Crippen molar-refractivity contribution in [1.82, 2.24) is 14.9 Å². The van der Waals surface area contributed by atoms with Crippen LogP contribution in [0.15, 0.2) is 12.5 Å². The Morgan fingerprint density at radius 1 is 1.59 bits per heavy atom. The van der Waals surface area contributed by atoms with Gasteiger partial charge in [0.15, 0.2) is 0 Å². The monoisotopic (exact) mass is 237 g/mol. The largest absolute Gasteiger partial charge is 0.396 e. The molecule has 1 saturated carbocycles. The van der Waals surface area contributed by atoms with Crippen LogP contribution in [0.3, 0.4) is 0 Å². The smallest absolute Gasteiger partial charge is 0.271 e. The third kappa shape index (κ3) is 2.85. The van der Waals surface area contributed by atoms with Gasteiger partial charge in [0.1, 0.15) is 5.69 Å². The fraction of sp³-hybridized carbons (Fsp3) is 0.667. The van der Waals surface area contributed by atoms with Gasteiger partial charge in [0, 0.05) is 26.4 Å². The van der Waals surface area contributed by atoms with E-state index in [4.69, 9.17) is 0 Å². The Kier molecular flexibility index (Phi) is 3.78. The second kappa shape index (κ2) is 5.31. The normalized spacial score (nSPS) is 23.9. The molecule has 0 saturated heterocycles. The van der Waals surface area contributed by atoms with Gasteiger partial charge in [-0.15, -0.1) is 0 Å². The van der Waals surface area contributed by atoms with Crippen LogP contribution in [0.2, 0.25) is 0 Å². The van der Waals surface area contributed by atoms with E-state index in [2.05, 4.69) is 10.3 Å². The first kappa shape index (κ1) is 12.1. The lowest BCUT2D eigenvalue weighted by atomic mass is 9.97. The Bertz CT molecular complexity index is 389. The first-order valence-electron chi connectivity index (χ1n) is 6.07. The molecule has 0 radical (unpaired) electrons. The van der Waals surface area contributed by atoms with Gasteiger partial charge in [-0.2, -0.15) is 0 Å². The molecule has 1 aromatic rings. The maximum Gasteiger partial charge on any atom is 0.271 e. The minimum absolute atomic E-state index is 0.130. The van der Waals surface area contributed by atoms with Crippen LogP contribution < -0.4 is 5.32 Å². The first-order chi connectivity index (χ1) is 8.20. The first-order valence-corrected chi connectivity index (χ1v) is 6.07. The second-order valence-corrected chi connectivity index (χ2v) is 4.77. The summed E-state index contributed by atoms with van der Waals surface area (Å²) in [7, 11) is 1.84. The molecular formula is C12H19N3O2. The minimum Gasteiger partial charge on any atom is -0.396 e. The molecule has 1 heterocycles. The molecule has 2 N–H and O–H groups in total. The molecular weight excluding hydrogens is 218 g/mol. The molecule has 2 unspecified atom stereocenters. The highest BCUT2D eigenvalue weighted by Crippen LogP contribution is 2.30. The van der Waals surface area contributed by atoms with Crippen molar-refractivity contribution >= 4 is 5.91 Å². The Labute approximate surface area is 101 Å². The number of aryl methyl sites for hydroxylation is 1. The summed E-state index contributed by atoms with van der Waals surface area (Å²) in [5.41, 5.74) is 0.450. The van der Waals surface area contributed by atoms with E-state index >= 15 is 0 Å². The molecule has 0 aliphatic heterocycles. The van der Waals surface area contributed by atoms with Gasteiger partial charge in [-0.1, -0.05) is 6.42 Å². The molecule has 1 amide bonds. The van der Waals surface area contributed by atoms with Crippen molar-refractivity contribution in [3.05, 3.63) is 18.2 Å². The van der Waals surface area contributed by atoms with Gasteiger partial charge in [0.2, 0.25) is 0 Å². The summed E-state index contributed by atoms with van der Waals surface area (Å²) in [6.45, 7) is 0.866. The van der Waals surface area contributed by atoms with E-state index in [1.807, 2.05) is 7.05 Å². The van der Waals surface area contributed by atoms with Crippen LogP contribution >= 0.6 is 0 Å². The number of nitrogens with one attached hydrogen (secondary N) is 1. The number of carbonyl (C=O) groups is 1. The molecule has 2 atom stereocenters. The topological polar surface area (TPSA) is 67.2 Å². The van der Waals surface area contributed by atoms with E-state index in [0.717, 1.165) is 19.3 Å². The van der Waals surface area contributed by atoms with Crippen LogP contribution in [0, 0.1) is 11.8 Å². The quantitative estimate of drug-likeness (QED) is 0.804. The Balaban J connectivity index is 1.84. The number of amides is 1. The highest BCUT2D eigenvalue weighted by molar-refractivity contribution is 5.91. The summed E-state index contributed by atoms with van der Waals surface area (Å²) in [4.78, 5) is 15.8. The van der Waals surface area contributed by atoms with Crippen LogP contribution in [0.25, 0.3) is 0 Å². The van der Waals surface area contributed by atoms with Gasteiger partial charge >= 0.3 is 0 Å². The minimum atomic E-state index is -0.130. The molecule has 2 rings (SSSR count). The summed E-state index contributed by atoms with van der Waals surface area (Å²) < 4.78 is 1.75.